The van der Waals surface area contributed by atoms with Gasteiger partial charge in [0.2, 0.25) is 0 Å². The molecule has 0 aliphatic heterocycles. The van der Waals surface area contributed by atoms with E-state index in [1.54, 1.807) is 4.40 Å². The summed E-state index contributed by atoms with van der Waals surface area (Å²) in [4.78, 5) is 18.6. The van der Waals surface area contributed by atoms with Gasteiger partial charge in [-0.25, -0.2) is 9.38 Å². The highest BCUT2D eigenvalue weighted by molar-refractivity contribution is 14.1. The van der Waals surface area contributed by atoms with Gasteiger partial charge in [0.15, 0.2) is 4.96 Å². The van der Waals surface area contributed by atoms with Crippen LogP contribution in [0.5, 0.6) is 5.75 Å². The van der Waals surface area contributed by atoms with Crippen molar-refractivity contribution in [3.8, 4) is 5.75 Å². The van der Waals surface area contributed by atoms with Gasteiger partial charge < -0.3 is 4.74 Å². The maximum absolute atomic E-state index is 13.2. The van der Waals surface area contributed by atoms with Crippen LogP contribution in [0.4, 0.5) is 0 Å². The average Bonchev–Trinajstić information content (AvgIpc) is 3.34. The van der Waals surface area contributed by atoms with Gasteiger partial charge in [-0.2, -0.15) is 0 Å². The van der Waals surface area contributed by atoms with Gasteiger partial charge in [-0.3, -0.25) is 4.79 Å². The Morgan fingerprint density at radius 3 is 2.66 bits per heavy atom. The molecule has 2 aromatic heterocycles. The Balaban J connectivity index is 1.31. The summed E-state index contributed by atoms with van der Waals surface area (Å²) in [6.07, 6.45) is 1.94. The van der Waals surface area contributed by atoms with Gasteiger partial charge in [0.25, 0.3) is 5.56 Å². The van der Waals surface area contributed by atoms with E-state index in [1.807, 2.05) is 42.5 Å². The zero-order valence-corrected chi connectivity index (χ0v) is 22.2. The molecule has 6 heteroatoms. The van der Waals surface area contributed by atoms with Gasteiger partial charge in [0.05, 0.1) is 19.1 Å². The van der Waals surface area contributed by atoms with Crippen LogP contribution >= 0.6 is 33.9 Å². The van der Waals surface area contributed by atoms with Crippen molar-refractivity contribution in [3.63, 3.8) is 0 Å². The van der Waals surface area contributed by atoms with E-state index in [9.17, 15) is 4.79 Å². The van der Waals surface area contributed by atoms with E-state index >= 15 is 0 Å². The Labute approximate surface area is 219 Å². The van der Waals surface area contributed by atoms with Crippen LogP contribution in [0.15, 0.2) is 77.6 Å². The molecule has 0 unspecified atom stereocenters. The quantitative estimate of drug-likeness (QED) is 0.224. The smallest absolute Gasteiger partial charge is 0.274 e. The molecule has 4 nitrogen and oxygen atoms in total. The summed E-state index contributed by atoms with van der Waals surface area (Å²) in [5.41, 5.74) is 6.17. The first-order valence-corrected chi connectivity index (χ1v) is 13.2. The molecular formula is C29H21IN2O2S. The van der Waals surface area contributed by atoms with Crippen molar-refractivity contribution in [2.75, 3.05) is 0 Å². The Hall–Kier alpha value is -3.23. The summed E-state index contributed by atoms with van der Waals surface area (Å²) < 4.78 is 9.57. The fourth-order valence-corrected chi connectivity index (χ4v) is 6.05. The molecule has 0 spiro atoms. The summed E-state index contributed by atoms with van der Waals surface area (Å²) in [7, 11) is 0. The van der Waals surface area contributed by atoms with Crippen LogP contribution in [-0.2, 0) is 6.61 Å². The molecule has 0 N–H and O–H groups in total. The number of hydrogen-bond acceptors (Lipinski definition) is 4. The van der Waals surface area contributed by atoms with Crippen molar-refractivity contribution in [1.29, 1.82) is 0 Å². The predicted octanol–water partition coefficient (Wildman–Crippen LogP) is 6.41. The molecule has 0 atom stereocenters. The van der Waals surface area contributed by atoms with E-state index in [2.05, 4.69) is 77.8 Å². The number of thiazole rings is 1. The van der Waals surface area contributed by atoms with Crippen LogP contribution in [-0.4, -0.2) is 9.38 Å². The first-order chi connectivity index (χ1) is 17.0. The summed E-state index contributed by atoms with van der Waals surface area (Å²) in [5, 5.41) is 2.42. The maximum atomic E-state index is 13.2. The monoisotopic (exact) mass is 588 g/mol. The maximum Gasteiger partial charge on any atom is 0.274 e. The van der Waals surface area contributed by atoms with Gasteiger partial charge in [0, 0.05) is 0 Å². The second-order valence-electron chi connectivity index (χ2n) is 8.69. The lowest BCUT2D eigenvalue weighted by Gasteiger charge is -2.11. The Bertz CT molecular complexity index is 1860. The Morgan fingerprint density at radius 2 is 1.80 bits per heavy atom. The molecular weight excluding hydrogens is 567 g/mol. The van der Waals surface area contributed by atoms with Crippen molar-refractivity contribution >= 4 is 66.8 Å². The van der Waals surface area contributed by atoms with E-state index in [0.717, 1.165) is 42.0 Å². The van der Waals surface area contributed by atoms with Crippen LogP contribution in [0.25, 0.3) is 32.8 Å². The fourth-order valence-electron chi connectivity index (χ4n) is 4.37. The molecule has 2 heterocycles. The van der Waals surface area contributed by atoms with Gasteiger partial charge in [-0.15, -0.1) is 0 Å². The zero-order chi connectivity index (χ0) is 24.1. The number of halogens is 1. The predicted molar refractivity (Wildman–Crippen MR) is 153 cm³/mol. The second kappa shape index (κ2) is 8.77. The van der Waals surface area contributed by atoms with Gasteiger partial charge in [-0.1, -0.05) is 59.9 Å². The number of hydrogen-bond donors (Lipinski definition) is 0. The number of nitrogens with zero attached hydrogens (tertiary/aromatic N) is 2. The van der Waals surface area contributed by atoms with Crippen molar-refractivity contribution in [2.45, 2.75) is 20.5 Å². The van der Waals surface area contributed by atoms with Crippen LogP contribution < -0.4 is 14.8 Å². The van der Waals surface area contributed by atoms with E-state index in [0.29, 0.717) is 11.1 Å². The third-order valence-corrected chi connectivity index (χ3v) is 8.18. The molecule has 0 aliphatic rings. The number of ether oxygens (including phenoxy) is 1. The van der Waals surface area contributed by atoms with E-state index in [1.165, 1.54) is 27.7 Å². The van der Waals surface area contributed by atoms with Crippen LogP contribution in [0.1, 0.15) is 22.3 Å². The molecule has 0 amide bonds. The Kier molecular flexibility index (Phi) is 5.57. The molecule has 6 rings (SSSR count). The van der Waals surface area contributed by atoms with E-state index in [-0.39, 0.29) is 5.56 Å². The summed E-state index contributed by atoms with van der Waals surface area (Å²) in [6, 6.07) is 24.7. The molecule has 172 valence electrons. The highest BCUT2D eigenvalue weighted by atomic mass is 127. The largest absolute Gasteiger partial charge is 0.488 e. The first kappa shape index (κ1) is 22.2. The number of imidazole rings is 1. The Morgan fingerprint density at radius 1 is 1.00 bits per heavy atom. The van der Waals surface area contributed by atoms with E-state index in [4.69, 9.17) is 4.74 Å². The summed E-state index contributed by atoms with van der Waals surface area (Å²) in [5.74, 6) is 0.829. The third-order valence-electron chi connectivity index (χ3n) is 6.37. The highest BCUT2D eigenvalue weighted by Gasteiger charge is 2.13. The van der Waals surface area contributed by atoms with Gasteiger partial charge in [-0.05, 0) is 99.8 Å². The minimum atomic E-state index is -0.0259. The molecule has 35 heavy (non-hydrogen) atoms. The molecule has 0 saturated heterocycles. The van der Waals surface area contributed by atoms with Crippen molar-refractivity contribution in [3.05, 3.63) is 114 Å². The van der Waals surface area contributed by atoms with Gasteiger partial charge >= 0.3 is 0 Å². The molecule has 0 fully saturated rings. The first-order valence-electron chi connectivity index (χ1n) is 11.3. The number of aromatic nitrogens is 2. The highest BCUT2D eigenvalue weighted by Crippen LogP contribution is 2.26. The molecule has 0 radical (unpaired) electrons. The third kappa shape index (κ3) is 4.00. The number of rotatable bonds is 4. The van der Waals surface area contributed by atoms with Crippen LogP contribution in [0.2, 0.25) is 0 Å². The molecule has 0 bridgehead atoms. The van der Waals surface area contributed by atoms with Crippen LogP contribution in [0.3, 0.4) is 0 Å². The molecule has 0 saturated carbocycles. The molecule has 6 aromatic rings. The van der Waals surface area contributed by atoms with Crippen molar-refractivity contribution in [1.82, 2.24) is 9.38 Å². The lowest BCUT2D eigenvalue weighted by molar-refractivity contribution is 0.305. The summed E-state index contributed by atoms with van der Waals surface area (Å²) >= 11 is 3.72. The standard InChI is InChI=1S/C29H21IN2O2S/c1-17-12-24-25(13-18(17)2)32-28(33)27(35-29(32)31-24)15-19-10-11-26(23(30)14-19)34-16-21-8-5-7-20-6-3-4-9-22(20)21/h3-15H,16H2,1-2H3/b27-15-. The SMILES string of the molecule is Cc1cc2nc3s/c(=C\c4ccc(OCc5cccc6ccccc56)c(I)c4)c(=O)n3c2cc1C. The van der Waals surface area contributed by atoms with Crippen molar-refractivity contribution < 1.29 is 4.74 Å². The average molecular weight is 588 g/mol. The topological polar surface area (TPSA) is 43.6 Å². The number of benzene rings is 4. The lowest BCUT2D eigenvalue weighted by Crippen LogP contribution is -2.22. The van der Waals surface area contributed by atoms with E-state index < -0.39 is 0 Å². The number of aryl methyl sites for hydroxylation is 2. The molecule has 0 aliphatic carbocycles. The minimum absolute atomic E-state index is 0.0259. The number of fused-ring (bicyclic) bond motifs is 4. The fraction of sp³-hybridized carbons (Fsp3) is 0.103. The normalized spacial score (nSPS) is 12.3. The van der Waals surface area contributed by atoms with Crippen LogP contribution in [0, 0.1) is 17.4 Å². The lowest BCUT2D eigenvalue weighted by atomic mass is 10.1. The minimum Gasteiger partial charge on any atom is -0.488 e. The summed E-state index contributed by atoms with van der Waals surface area (Å²) in [6.45, 7) is 4.62. The van der Waals surface area contributed by atoms with Gasteiger partial charge in [0.1, 0.15) is 12.4 Å². The second-order valence-corrected chi connectivity index (χ2v) is 10.9. The molecule has 4 aromatic carbocycles. The van der Waals surface area contributed by atoms with Crippen molar-refractivity contribution in [2.24, 2.45) is 0 Å². The zero-order valence-electron chi connectivity index (χ0n) is 19.2.